The Bertz CT molecular complexity index is 526. The van der Waals surface area contributed by atoms with Crippen LogP contribution in [0, 0.1) is 0 Å². The standard InChI is InChI=1S/C16H19BrN2/c1-2-19(15-6-4-3-5-7-15)16-12-14(17)9-8-13(16)10-11-18/h3-9,12H,2,10-11,18H2,1H3. The van der Waals surface area contributed by atoms with Crippen LogP contribution in [-0.4, -0.2) is 13.1 Å². The molecule has 0 radical (unpaired) electrons. The highest BCUT2D eigenvalue weighted by Crippen LogP contribution is 2.31. The molecule has 2 aromatic carbocycles. The van der Waals surface area contributed by atoms with E-state index in [4.69, 9.17) is 5.73 Å². The van der Waals surface area contributed by atoms with Crippen molar-refractivity contribution in [2.24, 2.45) is 5.73 Å². The summed E-state index contributed by atoms with van der Waals surface area (Å²) in [5, 5.41) is 0. The van der Waals surface area contributed by atoms with Crippen molar-refractivity contribution in [3.63, 3.8) is 0 Å². The van der Waals surface area contributed by atoms with E-state index in [0.717, 1.165) is 17.4 Å². The van der Waals surface area contributed by atoms with Crippen LogP contribution >= 0.6 is 15.9 Å². The predicted molar refractivity (Wildman–Crippen MR) is 86.0 cm³/mol. The van der Waals surface area contributed by atoms with E-state index >= 15 is 0 Å². The Morgan fingerprint density at radius 3 is 2.47 bits per heavy atom. The van der Waals surface area contributed by atoms with Crippen molar-refractivity contribution in [2.45, 2.75) is 13.3 Å². The van der Waals surface area contributed by atoms with E-state index in [1.165, 1.54) is 16.9 Å². The average Bonchev–Trinajstić information content (AvgIpc) is 2.44. The minimum Gasteiger partial charge on any atom is -0.342 e. The first-order valence-electron chi connectivity index (χ1n) is 6.57. The topological polar surface area (TPSA) is 29.3 Å². The average molecular weight is 319 g/mol. The largest absolute Gasteiger partial charge is 0.342 e. The molecular weight excluding hydrogens is 300 g/mol. The third-order valence-corrected chi connectivity index (χ3v) is 3.63. The molecule has 19 heavy (non-hydrogen) atoms. The van der Waals surface area contributed by atoms with Crippen molar-refractivity contribution >= 4 is 27.3 Å². The van der Waals surface area contributed by atoms with Crippen LogP contribution < -0.4 is 10.6 Å². The number of halogens is 1. The molecular formula is C16H19BrN2. The molecule has 0 aliphatic rings. The van der Waals surface area contributed by atoms with Gasteiger partial charge >= 0.3 is 0 Å². The molecule has 0 heterocycles. The normalized spacial score (nSPS) is 10.5. The second kappa shape index (κ2) is 6.73. The SMILES string of the molecule is CCN(c1ccccc1)c1cc(Br)ccc1CCN. The van der Waals surface area contributed by atoms with Gasteiger partial charge in [-0.25, -0.2) is 0 Å². The molecule has 0 saturated heterocycles. The second-order valence-electron chi connectivity index (χ2n) is 4.39. The fourth-order valence-corrected chi connectivity index (χ4v) is 2.60. The van der Waals surface area contributed by atoms with Gasteiger partial charge in [-0.1, -0.05) is 40.2 Å². The number of hydrogen-bond donors (Lipinski definition) is 1. The maximum Gasteiger partial charge on any atom is 0.0454 e. The zero-order valence-corrected chi connectivity index (χ0v) is 12.7. The number of anilines is 2. The summed E-state index contributed by atoms with van der Waals surface area (Å²) in [4.78, 5) is 2.32. The molecule has 0 atom stereocenters. The molecule has 2 aromatic rings. The van der Waals surface area contributed by atoms with E-state index in [-0.39, 0.29) is 0 Å². The van der Waals surface area contributed by atoms with Gasteiger partial charge in [-0.2, -0.15) is 0 Å². The van der Waals surface area contributed by atoms with E-state index < -0.39 is 0 Å². The van der Waals surface area contributed by atoms with Crippen molar-refractivity contribution in [2.75, 3.05) is 18.0 Å². The van der Waals surface area contributed by atoms with Crippen LogP contribution in [0.4, 0.5) is 11.4 Å². The lowest BCUT2D eigenvalue weighted by Gasteiger charge is -2.26. The molecule has 2 nitrogen and oxygen atoms in total. The molecule has 0 amide bonds. The van der Waals surface area contributed by atoms with Gasteiger partial charge < -0.3 is 10.6 Å². The fourth-order valence-electron chi connectivity index (χ4n) is 2.26. The summed E-state index contributed by atoms with van der Waals surface area (Å²) in [7, 11) is 0. The Labute approximate surface area is 123 Å². The molecule has 0 aliphatic carbocycles. The number of para-hydroxylation sites is 1. The Balaban J connectivity index is 2.45. The first-order valence-corrected chi connectivity index (χ1v) is 7.36. The smallest absolute Gasteiger partial charge is 0.0454 e. The van der Waals surface area contributed by atoms with Crippen LogP contribution in [0.25, 0.3) is 0 Å². The maximum atomic E-state index is 5.72. The van der Waals surface area contributed by atoms with Crippen LogP contribution in [-0.2, 0) is 6.42 Å². The van der Waals surface area contributed by atoms with Gasteiger partial charge in [0, 0.05) is 22.4 Å². The third-order valence-electron chi connectivity index (χ3n) is 3.14. The first-order chi connectivity index (χ1) is 9.26. The Morgan fingerprint density at radius 2 is 1.84 bits per heavy atom. The third kappa shape index (κ3) is 3.37. The number of nitrogens with zero attached hydrogens (tertiary/aromatic N) is 1. The zero-order chi connectivity index (χ0) is 13.7. The molecule has 2 rings (SSSR count). The van der Waals surface area contributed by atoms with Gasteiger partial charge in [-0.15, -0.1) is 0 Å². The summed E-state index contributed by atoms with van der Waals surface area (Å²) in [6.07, 6.45) is 0.895. The zero-order valence-electron chi connectivity index (χ0n) is 11.1. The molecule has 0 aromatic heterocycles. The van der Waals surface area contributed by atoms with Crippen molar-refractivity contribution in [3.05, 3.63) is 58.6 Å². The minimum absolute atomic E-state index is 0.668. The highest BCUT2D eigenvalue weighted by atomic mass is 79.9. The summed E-state index contributed by atoms with van der Waals surface area (Å²) in [5.41, 5.74) is 9.45. The highest BCUT2D eigenvalue weighted by molar-refractivity contribution is 9.10. The van der Waals surface area contributed by atoms with Crippen molar-refractivity contribution in [1.82, 2.24) is 0 Å². The summed E-state index contributed by atoms with van der Waals surface area (Å²) in [6, 6.07) is 16.8. The van der Waals surface area contributed by atoms with E-state index in [0.29, 0.717) is 6.54 Å². The summed E-state index contributed by atoms with van der Waals surface area (Å²) in [6.45, 7) is 3.76. The van der Waals surface area contributed by atoms with Crippen LogP contribution in [0.3, 0.4) is 0 Å². The predicted octanol–water partition coefficient (Wildman–Crippen LogP) is 4.11. The molecule has 0 fully saturated rings. The van der Waals surface area contributed by atoms with Gasteiger partial charge in [0.2, 0.25) is 0 Å². The van der Waals surface area contributed by atoms with Crippen LogP contribution in [0.1, 0.15) is 12.5 Å². The van der Waals surface area contributed by atoms with E-state index in [2.05, 4.69) is 70.2 Å². The summed E-state index contributed by atoms with van der Waals surface area (Å²) in [5.74, 6) is 0. The first kappa shape index (κ1) is 14.1. The van der Waals surface area contributed by atoms with Gasteiger partial charge in [0.25, 0.3) is 0 Å². The monoisotopic (exact) mass is 318 g/mol. The molecule has 0 bridgehead atoms. The van der Waals surface area contributed by atoms with Crippen molar-refractivity contribution in [3.8, 4) is 0 Å². The van der Waals surface area contributed by atoms with Crippen molar-refractivity contribution < 1.29 is 0 Å². The van der Waals surface area contributed by atoms with Gasteiger partial charge in [0.1, 0.15) is 0 Å². The van der Waals surface area contributed by atoms with Crippen LogP contribution in [0.15, 0.2) is 53.0 Å². The number of benzene rings is 2. The Hall–Kier alpha value is -1.32. The van der Waals surface area contributed by atoms with Gasteiger partial charge in [-0.05, 0) is 49.7 Å². The van der Waals surface area contributed by atoms with E-state index in [1.54, 1.807) is 0 Å². The number of rotatable bonds is 5. The van der Waals surface area contributed by atoms with Gasteiger partial charge in [0.15, 0.2) is 0 Å². The Kier molecular flexibility index (Phi) is 5.00. The number of hydrogen-bond acceptors (Lipinski definition) is 2. The Morgan fingerprint density at radius 1 is 1.11 bits per heavy atom. The van der Waals surface area contributed by atoms with Crippen molar-refractivity contribution in [1.29, 1.82) is 0 Å². The maximum absolute atomic E-state index is 5.72. The van der Waals surface area contributed by atoms with Gasteiger partial charge in [0.05, 0.1) is 0 Å². The highest BCUT2D eigenvalue weighted by Gasteiger charge is 2.11. The van der Waals surface area contributed by atoms with E-state index in [1.807, 2.05) is 6.07 Å². The molecule has 0 aliphatic heterocycles. The number of nitrogens with two attached hydrogens (primary N) is 1. The summed E-state index contributed by atoms with van der Waals surface area (Å²) >= 11 is 3.56. The quantitative estimate of drug-likeness (QED) is 0.899. The molecule has 0 saturated carbocycles. The molecule has 0 spiro atoms. The van der Waals surface area contributed by atoms with E-state index in [9.17, 15) is 0 Å². The molecule has 2 N–H and O–H groups in total. The van der Waals surface area contributed by atoms with Gasteiger partial charge in [-0.3, -0.25) is 0 Å². The molecule has 0 unspecified atom stereocenters. The second-order valence-corrected chi connectivity index (χ2v) is 5.31. The lowest BCUT2D eigenvalue weighted by molar-refractivity contribution is 0.941. The van der Waals surface area contributed by atoms with Crippen LogP contribution in [0.5, 0.6) is 0 Å². The lowest BCUT2D eigenvalue weighted by atomic mass is 10.1. The molecule has 3 heteroatoms. The lowest BCUT2D eigenvalue weighted by Crippen LogP contribution is -2.18. The minimum atomic E-state index is 0.668. The molecule has 100 valence electrons. The van der Waals surface area contributed by atoms with Crippen LogP contribution in [0.2, 0.25) is 0 Å². The summed E-state index contributed by atoms with van der Waals surface area (Å²) < 4.78 is 1.10. The fraction of sp³-hybridized carbons (Fsp3) is 0.250.